The molecule has 0 radical (unpaired) electrons. The molecule has 4 heteroatoms. The lowest BCUT2D eigenvalue weighted by molar-refractivity contribution is -0.114. The summed E-state index contributed by atoms with van der Waals surface area (Å²) in [6.07, 6.45) is 0. The first-order chi connectivity index (χ1) is 5.61. The largest absolute Gasteiger partial charge is 0.312 e. The number of hydrogen-bond donors (Lipinski definition) is 1. The van der Waals surface area contributed by atoms with Crippen molar-refractivity contribution >= 4 is 11.7 Å². The van der Waals surface area contributed by atoms with Crippen molar-refractivity contribution in [3.05, 3.63) is 28.6 Å². The maximum atomic E-state index is 11.0. The molecule has 0 aromatic carbocycles. The number of carbonyl (C=O) groups excluding carboxylic acids is 1. The minimum absolute atomic E-state index is 0.138. The SMILES string of the molecule is CC(=O)Nc1cccc(=O)n1C. The zero-order valence-electron chi connectivity index (χ0n) is 7.00. The van der Waals surface area contributed by atoms with Crippen molar-refractivity contribution < 1.29 is 4.79 Å². The Morgan fingerprint density at radius 2 is 2.17 bits per heavy atom. The third kappa shape index (κ3) is 1.72. The first-order valence-electron chi connectivity index (χ1n) is 3.55. The second-order valence-electron chi connectivity index (χ2n) is 2.49. The van der Waals surface area contributed by atoms with Crippen LogP contribution >= 0.6 is 0 Å². The van der Waals surface area contributed by atoms with Gasteiger partial charge in [0.15, 0.2) is 0 Å². The van der Waals surface area contributed by atoms with E-state index in [0.717, 1.165) is 0 Å². The summed E-state index contributed by atoms with van der Waals surface area (Å²) in [5, 5.41) is 2.54. The Morgan fingerprint density at radius 3 is 2.75 bits per heavy atom. The molecule has 0 spiro atoms. The van der Waals surface area contributed by atoms with Gasteiger partial charge in [0.25, 0.3) is 5.56 Å². The van der Waals surface area contributed by atoms with Crippen LogP contribution in [-0.4, -0.2) is 10.5 Å². The third-order valence-corrected chi connectivity index (χ3v) is 1.49. The summed E-state index contributed by atoms with van der Waals surface area (Å²) in [5.74, 6) is 0.325. The molecule has 0 atom stereocenters. The predicted octanol–water partition coefficient (Wildman–Crippen LogP) is 0.344. The molecule has 64 valence electrons. The third-order valence-electron chi connectivity index (χ3n) is 1.49. The zero-order chi connectivity index (χ0) is 9.14. The molecule has 1 N–H and O–H groups in total. The van der Waals surface area contributed by atoms with Crippen LogP contribution in [-0.2, 0) is 11.8 Å². The summed E-state index contributed by atoms with van der Waals surface area (Å²) >= 11 is 0. The molecule has 0 fully saturated rings. The van der Waals surface area contributed by atoms with E-state index in [1.54, 1.807) is 19.2 Å². The Labute approximate surface area is 69.8 Å². The van der Waals surface area contributed by atoms with Crippen molar-refractivity contribution in [2.24, 2.45) is 7.05 Å². The van der Waals surface area contributed by atoms with E-state index in [1.165, 1.54) is 17.6 Å². The van der Waals surface area contributed by atoms with E-state index in [1.807, 2.05) is 0 Å². The topological polar surface area (TPSA) is 51.1 Å². The zero-order valence-corrected chi connectivity index (χ0v) is 7.00. The molecule has 0 aliphatic heterocycles. The van der Waals surface area contributed by atoms with Gasteiger partial charge < -0.3 is 5.32 Å². The normalized spacial score (nSPS) is 9.50. The van der Waals surface area contributed by atoms with Gasteiger partial charge in [0.1, 0.15) is 5.82 Å². The van der Waals surface area contributed by atoms with Crippen LogP contribution in [0.3, 0.4) is 0 Å². The highest BCUT2D eigenvalue weighted by atomic mass is 16.1. The summed E-state index contributed by atoms with van der Waals surface area (Å²) in [4.78, 5) is 21.7. The average Bonchev–Trinajstić information content (AvgIpc) is 1.98. The van der Waals surface area contributed by atoms with E-state index in [2.05, 4.69) is 5.32 Å². The molecule has 0 saturated heterocycles. The lowest BCUT2D eigenvalue weighted by Crippen LogP contribution is -2.20. The van der Waals surface area contributed by atoms with Crippen molar-refractivity contribution in [2.45, 2.75) is 6.92 Å². The minimum Gasteiger partial charge on any atom is -0.312 e. The first-order valence-corrected chi connectivity index (χ1v) is 3.55. The van der Waals surface area contributed by atoms with Crippen LogP contribution in [0.5, 0.6) is 0 Å². The van der Waals surface area contributed by atoms with Gasteiger partial charge in [0, 0.05) is 20.0 Å². The number of nitrogens with one attached hydrogen (secondary N) is 1. The van der Waals surface area contributed by atoms with E-state index in [4.69, 9.17) is 0 Å². The molecule has 1 rings (SSSR count). The molecule has 0 saturated carbocycles. The van der Waals surface area contributed by atoms with E-state index in [-0.39, 0.29) is 11.5 Å². The van der Waals surface area contributed by atoms with Crippen LogP contribution < -0.4 is 10.9 Å². The Bertz CT molecular complexity index is 354. The van der Waals surface area contributed by atoms with Gasteiger partial charge in [0.05, 0.1) is 0 Å². The van der Waals surface area contributed by atoms with E-state index in [9.17, 15) is 9.59 Å². The second kappa shape index (κ2) is 3.21. The molecule has 0 aliphatic rings. The number of amides is 1. The highest BCUT2D eigenvalue weighted by Gasteiger charge is 1.98. The summed E-state index contributed by atoms with van der Waals surface area (Å²) in [6.45, 7) is 1.40. The maximum absolute atomic E-state index is 11.0. The van der Waals surface area contributed by atoms with Crippen molar-refractivity contribution in [1.29, 1.82) is 0 Å². The Kier molecular flexibility index (Phi) is 2.28. The monoisotopic (exact) mass is 166 g/mol. The summed E-state index contributed by atoms with van der Waals surface area (Å²) < 4.78 is 1.38. The van der Waals surface area contributed by atoms with Gasteiger partial charge in [-0.1, -0.05) is 6.07 Å². The highest BCUT2D eigenvalue weighted by Crippen LogP contribution is 1.99. The van der Waals surface area contributed by atoms with Gasteiger partial charge in [-0.05, 0) is 6.07 Å². The highest BCUT2D eigenvalue weighted by molar-refractivity contribution is 5.87. The van der Waals surface area contributed by atoms with E-state index < -0.39 is 0 Å². The summed E-state index contributed by atoms with van der Waals surface area (Å²) in [5.41, 5.74) is -0.138. The Morgan fingerprint density at radius 1 is 1.50 bits per heavy atom. The van der Waals surface area contributed by atoms with Gasteiger partial charge in [-0.2, -0.15) is 0 Å². The molecule has 1 aromatic heterocycles. The van der Waals surface area contributed by atoms with Crippen LogP contribution in [0.2, 0.25) is 0 Å². The number of pyridine rings is 1. The molecule has 0 bridgehead atoms. The van der Waals surface area contributed by atoms with Crippen LogP contribution in [0, 0.1) is 0 Å². The number of anilines is 1. The van der Waals surface area contributed by atoms with E-state index in [0.29, 0.717) is 5.82 Å². The molecule has 4 nitrogen and oxygen atoms in total. The molecule has 1 amide bonds. The standard InChI is InChI=1S/C8H10N2O2/c1-6(11)9-7-4-3-5-8(12)10(7)2/h3-5H,1-2H3,(H,9,11). The first kappa shape index (κ1) is 8.52. The van der Waals surface area contributed by atoms with Gasteiger partial charge >= 0.3 is 0 Å². The molecule has 0 aliphatic carbocycles. The minimum atomic E-state index is -0.184. The molecule has 1 aromatic rings. The van der Waals surface area contributed by atoms with Crippen molar-refractivity contribution in [3.63, 3.8) is 0 Å². The number of rotatable bonds is 1. The van der Waals surface area contributed by atoms with Crippen molar-refractivity contribution in [2.75, 3.05) is 5.32 Å². The number of aromatic nitrogens is 1. The number of carbonyl (C=O) groups is 1. The van der Waals surface area contributed by atoms with Crippen molar-refractivity contribution in [3.8, 4) is 0 Å². The summed E-state index contributed by atoms with van der Waals surface area (Å²) in [6, 6.07) is 4.71. The average molecular weight is 166 g/mol. The number of nitrogens with zero attached hydrogens (tertiary/aromatic N) is 1. The Balaban J connectivity index is 3.08. The fraction of sp³-hybridized carbons (Fsp3) is 0.250. The van der Waals surface area contributed by atoms with Crippen LogP contribution in [0.4, 0.5) is 5.82 Å². The lowest BCUT2D eigenvalue weighted by atomic mass is 10.4. The van der Waals surface area contributed by atoms with Gasteiger partial charge in [-0.3, -0.25) is 14.2 Å². The van der Waals surface area contributed by atoms with Crippen molar-refractivity contribution in [1.82, 2.24) is 4.57 Å². The fourth-order valence-corrected chi connectivity index (χ4v) is 0.870. The van der Waals surface area contributed by atoms with Gasteiger partial charge in [-0.25, -0.2) is 0 Å². The second-order valence-corrected chi connectivity index (χ2v) is 2.49. The molecule has 1 heterocycles. The van der Waals surface area contributed by atoms with Crippen LogP contribution in [0.25, 0.3) is 0 Å². The van der Waals surface area contributed by atoms with Crippen LogP contribution in [0.15, 0.2) is 23.0 Å². The molecule has 12 heavy (non-hydrogen) atoms. The molecule has 0 unspecified atom stereocenters. The Hall–Kier alpha value is -1.58. The predicted molar refractivity (Wildman–Crippen MR) is 46.0 cm³/mol. The molecular weight excluding hydrogens is 156 g/mol. The number of hydrogen-bond acceptors (Lipinski definition) is 2. The maximum Gasteiger partial charge on any atom is 0.251 e. The fourth-order valence-electron chi connectivity index (χ4n) is 0.870. The lowest BCUT2D eigenvalue weighted by Gasteiger charge is -2.06. The smallest absolute Gasteiger partial charge is 0.251 e. The van der Waals surface area contributed by atoms with Crippen LogP contribution in [0.1, 0.15) is 6.92 Å². The molecular formula is C8H10N2O2. The summed E-state index contributed by atoms with van der Waals surface area (Å²) in [7, 11) is 1.60. The van der Waals surface area contributed by atoms with Gasteiger partial charge in [0.2, 0.25) is 5.91 Å². The van der Waals surface area contributed by atoms with Gasteiger partial charge in [-0.15, -0.1) is 0 Å². The van der Waals surface area contributed by atoms with E-state index >= 15 is 0 Å². The quantitative estimate of drug-likeness (QED) is 0.654.